The van der Waals surface area contributed by atoms with E-state index >= 15 is 0 Å². The lowest BCUT2D eigenvalue weighted by Crippen LogP contribution is -2.43. The Morgan fingerprint density at radius 1 is 1.31 bits per heavy atom. The summed E-state index contributed by atoms with van der Waals surface area (Å²) in [7, 11) is 2.03. The molecule has 1 spiro atoms. The molecule has 2 aliphatic heterocycles. The van der Waals surface area contributed by atoms with Crippen LogP contribution in [0.4, 0.5) is 0 Å². The average molecular weight is 355 g/mol. The highest BCUT2D eigenvalue weighted by Crippen LogP contribution is 2.34. The van der Waals surface area contributed by atoms with Crippen LogP contribution in [0.1, 0.15) is 22.6 Å². The van der Waals surface area contributed by atoms with Gasteiger partial charge >= 0.3 is 0 Å². The number of pyridine rings is 1. The second-order valence-corrected chi connectivity index (χ2v) is 7.44. The van der Waals surface area contributed by atoms with Crippen molar-refractivity contribution >= 4 is 5.91 Å². The lowest BCUT2D eigenvalue weighted by Gasteiger charge is -2.32. The Bertz CT molecular complexity index is 762. The largest absolute Gasteiger partial charge is 0.379 e. The molecule has 0 aromatic carbocycles. The topological polar surface area (TPSA) is 63.5 Å². The third-order valence-corrected chi connectivity index (χ3v) is 5.44. The maximum atomic E-state index is 12.9. The fraction of sp³-hybridized carbons (Fsp3) is 0.526. The predicted molar refractivity (Wildman–Crippen MR) is 96.5 cm³/mol. The quantitative estimate of drug-likeness (QED) is 0.827. The number of aryl methyl sites for hydroxylation is 1. The van der Waals surface area contributed by atoms with E-state index in [4.69, 9.17) is 4.74 Å². The van der Waals surface area contributed by atoms with Crippen molar-refractivity contribution in [2.24, 2.45) is 12.5 Å². The molecule has 2 aromatic rings. The molecule has 0 unspecified atom stereocenters. The van der Waals surface area contributed by atoms with Gasteiger partial charge < -0.3 is 14.2 Å². The van der Waals surface area contributed by atoms with Crippen molar-refractivity contribution in [3.8, 4) is 0 Å². The SMILES string of the molecule is Cn1ccnc1CN1CC[C@@]2(COCCN(C(=O)c3cccnc3)C2)C1. The first-order valence-corrected chi connectivity index (χ1v) is 9.11. The molecule has 4 rings (SSSR count). The fourth-order valence-corrected chi connectivity index (χ4v) is 4.00. The third-order valence-electron chi connectivity index (χ3n) is 5.44. The second kappa shape index (κ2) is 7.17. The highest BCUT2D eigenvalue weighted by atomic mass is 16.5. The van der Waals surface area contributed by atoms with Gasteiger partial charge in [-0.2, -0.15) is 0 Å². The molecule has 2 aromatic heterocycles. The standard InChI is InChI=1S/C19H25N5O2/c1-22-8-6-21-17(22)12-23-7-4-19(13-23)14-24(9-10-26-15-19)18(25)16-3-2-5-20-11-16/h2-3,5-6,8,11H,4,7,9-10,12-15H2,1H3/t19-/m1/s1. The van der Waals surface area contributed by atoms with E-state index in [0.717, 1.165) is 38.4 Å². The zero-order chi connectivity index (χ0) is 18.0. The van der Waals surface area contributed by atoms with E-state index in [1.54, 1.807) is 12.4 Å². The van der Waals surface area contributed by atoms with Gasteiger partial charge in [-0.3, -0.25) is 14.7 Å². The summed E-state index contributed by atoms with van der Waals surface area (Å²) in [5.41, 5.74) is 0.645. The minimum absolute atomic E-state index is 0.000463. The zero-order valence-corrected chi connectivity index (χ0v) is 15.2. The Kier molecular flexibility index (Phi) is 4.74. The molecular formula is C19H25N5O2. The van der Waals surface area contributed by atoms with E-state index in [1.165, 1.54) is 0 Å². The Hall–Kier alpha value is -2.25. The number of hydrogen-bond acceptors (Lipinski definition) is 5. The van der Waals surface area contributed by atoms with Gasteiger partial charge in [0.15, 0.2) is 0 Å². The zero-order valence-electron chi connectivity index (χ0n) is 15.2. The summed E-state index contributed by atoms with van der Waals surface area (Å²) in [5, 5.41) is 0. The molecule has 0 bridgehead atoms. The number of carbonyl (C=O) groups excluding carboxylic acids is 1. The lowest BCUT2D eigenvalue weighted by molar-refractivity contribution is 0.0642. The van der Waals surface area contributed by atoms with Crippen molar-refractivity contribution in [1.82, 2.24) is 24.3 Å². The summed E-state index contributed by atoms with van der Waals surface area (Å²) in [6.07, 6.45) is 8.18. The molecule has 138 valence electrons. The Labute approximate surface area is 153 Å². The first-order chi connectivity index (χ1) is 12.7. The van der Waals surface area contributed by atoms with E-state index in [1.807, 2.05) is 36.5 Å². The van der Waals surface area contributed by atoms with Gasteiger partial charge in [0.1, 0.15) is 5.82 Å². The maximum Gasteiger partial charge on any atom is 0.255 e. The second-order valence-electron chi connectivity index (χ2n) is 7.44. The lowest BCUT2D eigenvalue weighted by atomic mass is 9.87. The number of aromatic nitrogens is 3. The molecule has 0 aliphatic carbocycles. The normalized spacial score (nSPS) is 24.1. The van der Waals surface area contributed by atoms with Crippen LogP contribution in [0.2, 0.25) is 0 Å². The highest BCUT2D eigenvalue weighted by molar-refractivity contribution is 5.93. The number of rotatable bonds is 3. The average Bonchev–Trinajstić information content (AvgIpc) is 3.17. The number of carbonyl (C=O) groups is 1. The summed E-state index contributed by atoms with van der Waals surface area (Å²) in [6, 6.07) is 3.64. The van der Waals surface area contributed by atoms with Gasteiger partial charge in [-0.15, -0.1) is 0 Å². The molecule has 0 N–H and O–H groups in total. The van der Waals surface area contributed by atoms with Gasteiger partial charge in [-0.25, -0.2) is 4.98 Å². The maximum absolute atomic E-state index is 12.9. The third kappa shape index (κ3) is 3.50. The van der Waals surface area contributed by atoms with Gasteiger partial charge in [-0.05, 0) is 25.1 Å². The number of amides is 1. The summed E-state index contributed by atoms with van der Waals surface area (Å²) < 4.78 is 7.96. The van der Waals surface area contributed by atoms with Crippen molar-refractivity contribution in [3.63, 3.8) is 0 Å². The van der Waals surface area contributed by atoms with Crippen LogP contribution in [0.3, 0.4) is 0 Å². The van der Waals surface area contributed by atoms with Gasteiger partial charge in [0.25, 0.3) is 5.91 Å². The van der Waals surface area contributed by atoms with Crippen molar-refractivity contribution in [2.45, 2.75) is 13.0 Å². The van der Waals surface area contributed by atoms with Gasteiger partial charge in [0.05, 0.1) is 25.3 Å². The van der Waals surface area contributed by atoms with Crippen LogP contribution in [0, 0.1) is 5.41 Å². The minimum Gasteiger partial charge on any atom is -0.379 e. The molecule has 4 heterocycles. The van der Waals surface area contributed by atoms with Crippen LogP contribution in [-0.4, -0.2) is 69.6 Å². The first kappa shape index (κ1) is 17.2. The molecule has 2 saturated heterocycles. The van der Waals surface area contributed by atoms with Crippen LogP contribution in [0.5, 0.6) is 0 Å². The van der Waals surface area contributed by atoms with Crippen LogP contribution in [0.25, 0.3) is 0 Å². The fourth-order valence-electron chi connectivity index (χ4n) is 4.00. The molecule has 7 nitrogen and oxygen atoms in total. The van der Waals surface area contributed by atoms with Crippen LogP contribution in [0.15, 0.2) is 36.9 Å². The van der Waals surface area contributed by atoms with Gasteiger partial charge in [0.2, 0.25) is 0 Å². The van der Waals surface area contributed by atoms with E-state index in [0.29, 0.717) is 25.3 Å². The molecule has 2 fully saturated rings. The molecule has 7 heteroatoms. The Morgan fingerprint density at radius 2 is 2.23 bits per heavy atom. The number of imidazole rings is 1. The summed E-state index contributed by atoms with van der Waals surface area (Å²) in [4.78, 5) is 25.7. The highest BCUT2D eigenvalue weighted by Gasteiger charge is 2.42. The van der Waals surface area contributed by atoms with E-state index in [9.17, 15) is 4.79 Å². The molecule has 0 radical (unpaired) electrons. The molecule has 2 aliphatic rings. The Morgan fingerprint density at radius 3 is 3.00 bits per heavy atom. The van der Waals surface area contributed by atoms with Crippen molar-refractivity contribution in [2.75, 3.05) is 39.4 Å². The van der Waals surface area contributed by atoms with Crippen LogP contribution >= 0.6 is 0 Å². The van der Waals surface area contributed by atoms with Crippen LogP contribution in [-0.2, 0) is 18.3 Å². The molecule has 1 atom stereocenters. The van der Waals surface area contributed by atoms with Gasteiger partial charge in [-0.1, -0.05) is 0 Å². The Balaban J connectivity index is 1.46. The predicted octanol–water partition coefficient (Wildman–Crippen LogP) is 1.18. The van der Waals surface area contributed by atoms with E-state index in [2.05, 4.69) is 19.4 Å². The monoisotopic (exact) mass is 355 g/mol. The van der Waals surface area contributed by atoms with Crippen molar-refractivity contribution < 1.29 is 9.53 Å². The molecule has 26 heavy (non-hydrogen) atoms. The molecular weight excluding hydrogens is 330 g/mol. The molecule has 0 saturated carbocycles. The van der Waals surface area contributed by atoms with Gasteiger partial charge in [0, 0.05) is 56.9 Å². The summed E-state index contributed by atoms with van der Waals surface area (Å²) >= 11 is 0. The number of likely N-dealkylation sites (tertiary alicyclic amines) is 1. The number of nitrogens with zero attached hydrogens (tertiary/aromatic N) is 5. The first-order valence-electron chi connectivity index (χ1n) is 9.11. The summed E-state index contributed by atoms with van der Waals surface area (Å²) in [5.74, 6) is 1.12. The molecule has 1 amide bonds. The minimum atomic E-state index is -0.000463. The van der Waals surface area contributed by atoms with E-state index in [-0.39, 0.29) is 11.3 Å². The number of hydrogen-bond donors (Lipinski definition) is 0. The van der Waals surface area contributed by atoms with Crippen LogP contribution < -0.4 is 0 Å². The summed E-state index contributed by atoms with van der Waals surface area (Å²) in [6.45, 7) is 5.43. The van der Waals surface area contributed by atoms with E-state index < -0.39 is 0 Å². The van der Waals surface area contributed by atoms with Crippen molar-refractivity contribution in [3.05, 3.63) is 48.3 Å². The smallest absolute Gasteiger partial charge is 0.255 e. The van der Waals surface area contributed by atoms with Crippen molar-refractivity contribution in [1.29, 1.82) is 0 Å². The number of ether oxygens (including phenoxy) is 1.